The quantitative estimate of drug-likeness (QED) is 0.367. The molecule has 0 saturated carbocycles. The molecule has 1 aromatic carbocycles. The summed E-state index contributed by atoms with van der Waals surface area (Å²) >= 11 is 0. The molecule has 1 saturated heterocycles. The maximum Gasteiger partial charge on any atom is 0.453 e. The van der Waals surface area contributed by atoms with Crippen molar-refractivity contribution in [3.05, 3.63) is 72.3 Å². The third kappa shape index (κ3) is 4.96. The second-order valence-electron chi connectivity index (χ2n) is 8.26. The average Bonchev–Trinajstić information content (AvgIpc) is 3.52. The first-order valence-corrected chi connectivity index (χ1v) is 12.7. The molecule has 4 aromatic rings. The number of imidazole rings is 1. The Morgan fingerprint density at radius 1 is 1.00 bits per heavy atom. The van der Waals surface area contributed by atoms with Crippen LogP contribution in [0.1, 0.15) is 16.1 Å². The lowest BCUT2D eigenvalue weighted by atomic mass is 10.0. The highest BCUT2D eigenvalue weighted by Gasteiger charge is 2.41. The Balaban J connectivity index is 1.43. The smallest absolute Gasteiger partial charge is 0.350 e. The van der Waals surface area contributed by atoms with Crippen LogP contribution < -0.4 is 0 Å². The second kappa shape index (κ2) is 9.10. The topological polar surface area (TPSA) is 111 Å². The molecule has 4 heterocycles. The maximum atomic E-state index is 13.7. The molecule has 0 N–H and O–H groups in total. The Morgan fingerprint density at radius 2 is 1.70 bits per heavy atom. The van der Waals surface area contributed by atoms with Crippen LogP contribution in [0.2, 0.25) is 0 Å². The third-order valence-corrected chi connectivity index (χ3v) is 7.41. The van der Waals surface area contributed by atoms with Gasteiger partial charge in [-0.2, -0.15) is 13.2 Å². The van der Waals surface area contributed by atoms with Gasteiger partial charge in [-0.1, -0.05) is 5.16 Å². The summed E-state index contributed by atoms with van der Waals surface area (Å²) < 4.78 is 83.5. The molecule has 192 valence electrons. The van der Waals surface area contributed by atoms with Crippen LogP contribution in [0.5, 0.6) is 0 Å². The first-order valence-electron chi connectivity index (χ1n) is 10.9. The molecule has 1 amide bonds. The monoisotopic (exact) mass is 535 g/mol. The molecule has 3 aromatic heterocycles. The number of nitrogens with zero attached hydrogens (tertiary/aromatic N) is 5. The van der Waals surface area contributed by atoms with E-state index in [2.05, 4.69) is 19.6 Å². The fourth-order valence-electron chi connectivity index (χ4n) is 3.87. The third-order valence-electron chi connectivity index (χ3n) is 5.80. The Hall–Kier alpha value is -4.07. The minimum absolute atomic E-state index is 0.0878. The largest absolute Gasteiger partial charge is 0.453 e. The maximum absolute atomic E-state index is 13.7. The van der Waals surface area contributed by atoms with Gasteiger partial charge in [0.25, 0.3) is 5.91 Å². The molecule has 1 aliphatic heterocycles. The predicted octanol–water partition coefficient (Wildman–Crippen LogP) is 3.62. The lowest BCUT2D eigenvalue weighted by molar-refractivity contribution is -0.154. The van der Waals surface area contributed by atoms with Crippen molar-refractivity contribution in [2.45, 2.75) is 6.18 Å². The number of amides is 1. The number of carbonyl (C=O) groups excluding carboxylic acids is 1. The summed E-state index contributed by atoms with van der Waals surface area (Å²) in [6.07, 6.45) is -1.02. The van der Waals surface area contributed by atoms with Crippen LogP contribution in [0.15, 0.2) is 59.6 Å². The summed E-state index contributed by atoms with van der Waals surface area (Å²) in [4.78, 5) is 22.4. The zero-order chi connectivity index (χ0) is 26.4. The van der Waals surface area contributed by atoms with Gasteiger partial charge in [0.1, 0.15) is 23.7 Å². The molecule has 0 atom stereocenters. The predicted molar refractivity (Wildman–Crippen MR) is 122 cm³/mol. The van der Waals surface area contributed by atoms with E-state index in [0.29, 0.717) is 0 Å². The van der Waals surface area contributed by atoms with E-state index in [0.717, 1.165) is 12.1 Å². The van der Waals surface area contributed by atoms with Crippen LogP contribution in [-0.4, -0.2) is 63.5 Å². The fourth-order valence-corrected chi connectivity index (χ4v) is 5.07. The number of sulfone groups is 1. The number of aromatic nitrogens is 4. The second-order valence-corrected chi connectivity index (χ2v) is 10.6. The lowest BCUT2D eigenvalue weighted by Gasteiger charge is -2.26. The van der Waals surface area contributed by atoms with E-state index >= 15 is 0 Å². The summed E-state index contributed by atoms with van der Waals surface area (Å²) in [6.45, 7) is 0.176. The van der Waals surface area contributed by atoms with Gasteiger partial charge in [-0.15, -0.1) is 0 Å². The fraction of sp³-hybridized carbons (Fsp3) is 0.217. The van der Waals surface area contributed by atoms with Gasteiger partial charge in [0.15, 0.2) is 9.84 Å². The van der Waals surface area contributed by atoms with Gasteiger partial charge < -0.3 is 9.42 Å². The molecule has 0 unspecified atom stereocenters. The van der Waals surface area contributed by atoms with Crippen LogP contribution in [0.3, 0.4) is 0 Å². The van der Waals surface area contributed by atoms with Gasteiger partial charge >= 0.3 is 6.18 Å². The highest BCUT2D eigenvalue weighted by atomic mass is 32.2. The Kier molecular flexibility index (Phi) is 6.06. The van der Waals surface area contributed by atoms with Gasteiger partial charge in [0.05, 0.1) is 28.3 Å². The zero-order valence-corrected chi connectivity index (χ0v) is 19.6. The number of halogens is 4. The number of pyridine rings is 1. The molecule has 37 heavy (non-hydrogen) atoms. The molecular formula is C23H17F4N5O4S. The number of alkyl halides is 3. The van der Waals surface area contributed by atoms with Gasteiger partial charge in [-0.05, 0) is 36.4 Å². The first-order chi connectivity index (χ1) is 17.5. The number of hydrogen-bond donors (Lipinski definition) is 0. The summed E-state index contributed by atoms with van der Waals surface area (Å²) in [6, 6.07) is 7.72. The highest BCUT2D eigenvalue weighted by Crippen LogP contribution is 2.42. The van der Waals surface area contributed by atoms with Crippen molar-refractivity contribution in [3.8, 4) is 28.3 Å². The van der Waals surface area contributed by atoms with Crippen molar-refractivity contribution in [3.63, 3.8) is 0 Å². The van der Waals surface area contributed by atoms with E-state index in [1.54, 1.807) is 0 Å². The summed E-state index contributed by atoms with van der Waals surface area (Å²) in [5, 5.41) is 3.56. The molecule has 0 radical (unpaired) electrons. The van der Waals surface area contributed by atoms with Crippen molar-refractivity contribution in [1.82, 2.24) is 24.6 Å². The molecule has 1 aliphatic rings. The van der Waals surface area contributed by atoms with E-state index < -0.39 is 33.2 Å². The molecule has 5 rings (SSSR count). The van der Waals surface area contributed by atoms with Crippen molar-refractivity contribution < 1.29 is 35.3 Å². The zero-order valence-electron chi connectivity index (χ0n) is 18.8. The SMILES string of the molecule is O=C(c1ccc(-n2cnc(-c3c(-c4ccc(F)cc4)noc3C(F)(F)F)c2)nc1)N1CCS(=O)(=O)CC1. The summed E-state index contributed by atoms with van der Waals surface area (Å²) in [5.74, 6) is -2.23. The van der Waals surface area contributed by atoms with Crippen LogP contribution >= 0.6 is 0 Å². The molecule has 0 spiro atoms. The van der Waals surface area contributed by atoms with E-state index in [1.165, 1.54) is 52.5 Å². The number of benzene rings is 1. The van der Waals surface area contributed by atoms with Crippen LogP contribution in [0, 0.1) is 5.82 Å². The lowest BCUT2D eigenvalue weighted by Crippen LogP contribution is -2.43. The van der Waals surface area contributed by atoms with Crippen molar-refractivity contribution >= 4 is 15.7 Å². The van der Waals surface area contributed by atoms with E-state index in [-0.39, 0.29) is 58.8 Å². The molecule has 14 heteroatoms. The van der Waals surface area contributed by atoms with Gasteiger partial charge in [-0.3, -0.25) is 9.36 Å². The summed E-state index contributed by atoms with van der Waals surface area (Å²) in [7, 11) is -3.14. The van der Waals surface area contributed by atoms with E-state index in [1.807, 2.05) is 0 Å². The molecule has 0 bridgehead atoms. The Morgan fingerprint density at radius 3 is 2.32 bits per heavy atom. The molecule has 1 fully saturated rings. The standard InChI is InChI=1S/C23H17F4N5O4S/c24-16-4-1-14(2-5-16)20-19(21(36-30-20)23(25,26)27)17-12-32(13-29-17)18-6-3-15(11-28-18)22(33)31-7-9-37(34,35)10-8-31/h1-6,11-13H,7-10H2. The first kappa shape index (κ1) is 24.6. The van der Waals surface area contributed by atoms with Crippen LogP contribution in [-0.2, 0) is 16.0 Å². The Bertz CT molecular complexity index is 1550. The number of hydrogen-bond acceptors (Lipinski definition) is 7. The highest BCUT2D eigenvalue weighted by molar-refractivity contribution is 7.91. The average molecular weight is 535 g/mol. The number of rotatable bonds is 4. The van der Waals surface area contributed by atoms with Gasteiger partial charge in [-0.25, -0.2) is 22.8 Å². The number of carbonyl (C=O) groups is 1. The van der Waals surface area contributed by atoms with Crippen molar-refractivity contribution in [2.75, 3.05) is 24.6 Å². The molecule has 9 nitrogen and oxygen atoms in total. The van der Waals surface area contributed by atoms with Gasteiger partial charge in [0, 0.05) is 31.0 Å². The molecule has 0 aliphatic carbocycles. The normalized spacial score (nSPS) is 15.6. The van der Waals surface area contributed by atoms with E-state index in [4.69, 9.17) is 0 Å². The van der Waals surface area contributed by atoms with Crippen molar-refractivity contribution in [1.29, 1.82) is 0 Å². The van der Waals surface area contributed by atoms with Gasteiger partial charge in [0.2, 0.25) is 5.76 Å². The van der Waals surface area contributed by atoms with Crippen molar-refractivity contribution in [2.24, 2.45) is 0 Å². The van der Waals surface area contributed by atoms with Crippen LogP contribution in [0.4, 0.5) is 17.6 Å². The minimum Gasteiger partial charge on any atom is -0.350 e. The Labute approximate surface area is 207 Å². The summed E-state index contributed by atoms with van der Waals surface area (Å²) in [5.41, 5.74) is -0.235. The van der Waals surface area contributed by atoms with E-state index in [9.17, 15) is 30.8 Å². The molecular weight excluding hydrogens is 518 g/mol. The van der Waals surface area contributed by atoms with Crippen LogP contribution in [0.25, 0.3) is 28.3 Å². The minimum atomic E-state index is -4.86.